The number of amides is 1. The molecule has 0 spiro atoms. The highest BCUT2D eigenvalue weighted by molar-refractivity contribution is 6.32. The van der Waals surface area contributed by atoms with Gasteiger partial charge < -0.3 is 20.3 Å². The standard InChI is InChI=1S/C21H26ClN3O2/c1-15-9-11-25(12-10-15)18-6-3-16(4-7-18)24-21(26)14-23-17-5-8-20(27-2)19(22)13-17/h3-8,13,15,23H,9-12,14H2,1-2H3,(H,24,26). The largest absolute Gasteiger partial charge is 0.495 e. The lowest BCUT2D eigenvalue weighted by atomic mass is 9.99. The Kier molecular flexibility index (Phi) is 6.45. The monoisotopic (exact) mass is 387 g/mol. The third kappa shape index (κ3) is 5.30. The molecule has 2 aromatic carbocycles. The van der Waals surface area contributed by atoms with E-state index in [9.17, 15) is 4.79 Å². The number of methoxy groups -OCH3 is 1. The Morgan fingerprint density at radius 1 is 1.15 bits per heavy atom. The fourth-order valence-electron chi connectivity index (χ4n) is 3.19. The Balaban J connectivity index is 1.50. The van der Waals surface area contributed by atoms with Gasteiger partial charge >= 0.3 is 0 Å². The van der Waals surface area contributed by atoms with Gasteiger partial charge in [-0.2, -0.15) is 0 Å². The van der Waals surface area contributed by atoms with E-state index in [0.717, 1.165) is 30.4 Å². The van der Waals surface area contributed by atoms with Crippen LogP contribution in [0.1, 0.15) is 19.8 Å². The number of halogens is 1. The van der Waals surface area contributed by atoms with Crippen molar-refractivity contribution in [3.05, 3.63) is 47.5 Å². The van der Waals surface area contributed by atoms with Crippen LogP contribution in [-0.2, 0) is 4.79 Å². The van der Waals surface area contributed by atoms with Crippen molar-refractivity contribution in [3.8, 4) is 5.75 Å². The summed E-state index contributed by atoms with van der Waals surface area (Å²) in [5, 5.41) is 6.48. The average Bonchev–Trinajstić information content (AvgIpc) is 2.68. The van der Waals surface area contributed by atoms with E-state index in [1.807, 2.05) is 18.2 Å². The number of nitrogens with one attached hydrogen (secondary N) is 2. The molecule has 0 radical (unpaired) electrons. The number of carbonyl (C=O) groups is 1. The van der Waals surface area contributed by atoms with Crippen LogP contribution in [0.3, 0.4) is 0 Å². The molecule has 0 saturated carbocycles. The Morgan fingerprint density at radius 2 is 1.81 bits per heavy atom. The molecular weight excluding hydrogens is 362 g/mol. The highest BCUT2D eigenvalue weighted by Crippen LogP contribution is 2.27. The summed E-state index contributed by atoms with van der Waals surface area (Å²) in [7, 11) is 1.57. The van der Waals surface area contributed by atoms with Gasteiger partial charge in [0.1, 0.15) is 5.75 Å². The Labute approximate surface area is 165 Å². The maximum atomic E-state index is 12.2. The molecule has 6 heteroatoms. The summed E-state index contributed by atoms with van der Waals surface area (Å²) in [6, 6.07) is 13.4. The van der Waals surface area contributed by atoms with Crippen LogP contribution in [0, 0.1) is 5.92 Å². The lowest BCUT2D eigenvalue weighted by Crippen LogP contribution is -2.32. The normalized spacial score (nSPS) is 14.7. The number of anilines is 3. The van der Waals surface area contributed by atoms with E-state index >= 15 is 0 Å². The van der Waals surface area contributed by atoms with Gasteiger partial charge in [-0.25, -0.2) is 0 Å². The third-order valence-electron chi connectivity index (χ3n) is 4.90. The van der Waals surface area contributed by atoms with Crippen LogP contribution in [0.15, 0.2) is 42.5 Å². The van der Waals surface area contributed by atoms with Crippen LogP contribution in [-0.4, -0.2) is 32.7 Å². The van der Waals surface area contributed by atoms with E-state index in [2.05, 4.69) is 34.6 Å². The van der Waals surface area contributed by atoms with Gasteiger partial charge in [0.15, 0.2) is 0 Å². The van der Waals surface area contributed by atoms with Gasteiger partial charge in [-0.05, 0) is 61.2 Å². The van der Waals surface area contributed by atoms with Gasteiger partial charge in [0.25, 0.3) is 0 Å². The second kappa shape index (κ2) is 9.00. The van der Waals surface area contributed by atoms with Gasteiger partial charge in [0, 0.05) is 30.2 Å². The van der Waals surface area contributed by atoms with Crippen molar-refractivity contribution in [2.75, 3.05) is 42.3 Å². The minimum atomic E-state index is -0.110. The molecule has 0 aliphatic carbocycles. The summed E-state index contributed by atoms with van der Waals surface area (Å²) in [6.07, 6.45) is 2.47. The quantitative estimate of drug-likeness (QED) is 0.758. The summed E-state index contributed by atoms with van der Waals surface area (Å²) in [4.78, 5) is 14.6. The number of hydrogen-bond donors (Lipinski definition) is 2. The summed E-state index contributed by atoms with van der Waals surface area (Å²) in [5.74, 6) is 1.31. The van der Waals surface area contributed by atoms with Crippen LogP contribution in [0.4, 0.5) is 17.1 Å². The third-order valence-corrected chi connectivity index (χ3v) is 5.20. The summed E-state index contributed by atoms with van der Waals surface area (Å²) in [5.41, 5.74) is 2.78. The van der Waals surface area contributed by atoms with Crippen LogP contribution >= 0.6 is 11.6 Å². The summed E-state index contributed by atoms with van der Waals surface area (Å²) < 4.78 is 5.12. The van der Waals surface area contributed by atoms with Crippen molar-refractivity contribution >= 4 is 34.6 Å². The fourth-order valence-corrected chi connectivity index (χ4v) is 3.44. The zero-order chi connectivity index (χ0) is 19.2. The van der Waals surface area contributed by atoms with Crippen molar-refractivity contribution in [1.29, 1.82) is 0 Å². The van der Waals surface area contributed by atoms with Crippen LogP contribution in [0.25, 0.3) is 0 Å². The summed E-state index contributed by atoms with van der Waals surface area (Å²) in [6.45, 7) is 4.67. The lowest BCUT2D eigenvalue weighted by molar-refractivity contribution is -0.114. The first-order chi connectivity index (χ1) is 13.0. The molecule has 1 aliphatic rings. The molecule has 27 heavy (non-hydrogen) atoms. The van der Waals surface area contributed by atoms with Crippen molar-refractivity contribution in [1.82, 2.24) is 0 Å². The molecule has 0 bridgehead atoms. The smallest absolute Gasteiger partial charge is 0.243 e. The Bertz CT molecular complexity index is 771. The molecule has 1 aliphatic heterocycles. The number of benzene rings is 2. The van der Waals surface area contributed by atoms with E-state index in [1.165, 1.54) is 18.5 Å². The van der Waals surface area contributed by atoms with Crippen LogP contribution < -0.4 is 20.3 Å². The number of carbonyl (C=O) groups excluding carboxylic acids is 1. The number of nitrogens with zero attached hydrogens (tertiary/aromatic N) is 1. The Hall–Kier alpha value is -2.40. The zero-order valence-electron chi connectivity index (χ0n) is 15.8. The highest BCUT2D eigenvalue weighted by Gasteiger charge is 2.15. The van der Waals surface area contributed by atoms with Gasteiger partial charge in [-0.1, -0.05) is 18.5 Å². The maximum absolute atomic E-state index is 12.2. The number of rotatable bonds is 6. The second-order valence-corrected chi connectivity index (χ2v) is 7.37. The van der Waals surface area contributed by atoms with E-state index in [-0.39, 0.29) is 12.5 Å². The summed E-state index contributed by atoms with van der Waals surface area (Å²) >= 11 is 6.09. The van der Waals surface area contributed by atoms with Crippen LogP contribution in [0.2, 0.25) is 5.02 Å². The molecular formula is C21H26ClN3O2. The SMILES string of the molecule is COc1ccc(NCC(=O)Nc2ccc(N3CCC(C)CC3)cc2)cc1Cl. The van der Waals surface area contributed by atoms with Crippen molar-refractivity contribution < 1.29 is 9.53 Å². The minimum Gasteiger partial charge on any atom is -0.495 e. The lowest BCUT2D eigenvalue weighted by Gasteiger charge is -2.32. The van der Waals surface area contributed by atoms with E-state index in [1.54, 1.807) is 19.2 Å². The maximum Gasteiger partial charge on any atom is 0.243 e. The van der Waals surface area contributed by atoms with Gasteiger partial charge in [0.2, 0.25) is 5.91 Å². The first kappa shape index (κ1) is 19.4. The van der Waals surface area contributed by atoms with Crippen LogP contribution in [0.5, 0.6) is 5.75 Å². The number of ether oxygens (including phenoxy) is 1. The van der Waals surface area contributed by atoms with Crippen molar-refractivity contribution in [2.24, 2.45) is 5.92 Å². The molecule has 1 amide bonds. The van der Waals surface area contributed by atoms with Gasteiger partial charge in [0.05, 0.1) is 18.7 Å². The number of hydrogen-bond acceptors (Lipinski definition) is 4. The minimum absolute atomic E-state index is 0.110. The average molecular weight is 388 g/mol. The number of piperidine rings is 1. The molecule has 5 nitrogen and oxygen atoms in total. The predicted molar refractivity (Wildman–Crippen MR) is 112 cm³/mol. The highest BCUT2D eigenvalue weighted by atomic mass is 35.5. The topological polar surface area (TPSA) is 53.6 Å². The van der Waals surface area contributed by atoms with Crippen molar-refractivity contribution in [3.63, 3.8) is 0 Å². The molecule has 3 rings (SSSR count). The molecule has 1 saturated heterocycles. The first-order valence-corrected chi connectivity index (χ1v) is 9.65. The first-order valence-electron chi connectivity index (χ1n) is 9.27. The van der Waals surface area contributed by atoms with Gasteiger partial charge in [-0.15, -0.1) is 0 Å². The van der Waals surface area contributed by atoms with E-state index < -0.39 is 0 Å². The predicted octanol–water partition coefficient (Wildman–Crippen LogP) is 4.64. The molecule has 0 aromatic heterocycles. The molecule has 1 heterocycles. The molecule has 144 valence electrons. The van der Waals surface area contributed by atoms with Gasteiger partial charge in [-0.3, -0.25) is 4.79 Å². The van der Waals surface area contributed by atoms with E-state index in [0.29, 0.717) is 10.8 Å². The molecule has 1 fully saturated rings. The molecule has 2 aromatic rings. The molecule has 0 atom stereocenters. The zero-order valence-corrected chi connectivity index (χ0v) is 16.6. The van der Waals surface area contributed by atoms with E-state index in [4.69, 9.17) is 16.3 Å². The molecule has 0 unspecified atom stereocenters. The Morgan fingerprint density at radius 3 is 2.44 bits per heavy atom. The fraction of sp³-hybridized carbons (Fsp3) is 0.381. The second-order valence-electron chi connectivity index (χ2n) is 6.97. The van der Waals surface area contributed by atoms with Crippen molar-refractivity contribution in [2.45, 2.75) is 19.8 Å². The molecule has 2 N–H and O–H groups in total.